The molecule has 0 saturated heterocycles. The minimum absolute atomic E-state index is 0.962. The normalized spacial score (nSPS) is 11.1. The zero-order valence-corrected chi connectivity index (χ0v) is 10.3. The van der Waals surface area contributed by atoms with Crippen molar-refractivity contribution >= 4 is 26.9 Å². The van der Waals surface area contributed by atoms with E-state index in [2.05, 4.69) is 33.4 Å². The molecule has 2 aromatic rings. The first-order valence-electron chi connectivity index (χ1n) is 5.11. The van der Waals surface area contributed by atoms with Crippen LogP contribution in [0.1, 0.15) is 12.0 Å². The van der Waals surface area contributed by atoms with Gasteiger partial charge < -0.3 is 9.73 Å². The molecule has 15 heavy (non-hydrogen) atoms. The fraction of sp³-hybridized carbons (Fsp3) is 0.333. The Morgan fingerprint density at radius 3 is 3.07 bits per heavy atom. The summed E-state index contributed by atoms with van der Waals surface area (Å²) in [6.45, 7) is 1.04. The van der Waals surface area contributed by atoms with Crippen molar-refractivity contribution in [2.75, 3.05) is 13.6 Å². The van der Waals surface area contributed by atoms with Gasteiger partial charge in [0.25, 0.3) is 0 Å². The lowest BCUT2D eigenvalue weighted by Crippen LogP contribution is -2.08. The van der Waals surface area contributed by atoms with Gasteiger partial charge in [0.05, 0.1) is 6.26 Å². The second-order valence-corrected chi connectivity index (χ2v) is 4.52. The van der Waals surface area contributed by atoms with E-state index in [1.807, 2.05) is 19.4 Å². The third-order valence-electron chi connectivity index (χ3n) is 2.49. The Labute approximate surface area is 97.8 Å². The van der Waals surface area contributed by atoms with Gasteiger partial charge in [-0.3, -0.25) is 0 Å². The first-order valence-corrected chi connectivity index (χ1v) is 5.91. The number of aryl methyl sites for hydroxylation is 1. The molecule has 0 aliphatic carbocycles. The van der Waals surface area contributed by atoms with Gasteiger partial charge in [-0.25, -0.2) is 0 Å². The first kappa shape index (κ1) is 10.7. The summed E-state index contributed by atoms with van der Waals surface area (Å²) in [7, 11) is 1.98. The van der Waals surface area contributed by atoms with Crippen LogP contribution in [0.4, 0.5) is 0 Å². The average Bonchev–Trinajstić information content (AvgIpc) is 2.61. The Hall–Kier alpha value is -0.800. The largest absolute Gasteiger partial charge is 0.464 e. The van der Waals surface area contributed by atoms with E-state index in [-0.39, 0.29) is 0 Å². The van der Waals surface area contributed by atoms with Crippen LogP contribution >= 0.6 is 15.9 Å². The molecule has 80 valence electrons. The van der Waals surface area contributed by atoms with Crippen LogP contribution in [0.5, 0.6) is 0 Å². The number of furan rings is 1. The lowest BCUT2D eigenvalue weighted by Gasteiger charge is -1.98. The standard InChI is InChI=1S/C12H14BrNO/c1-14-6-2-3-9-8-15-12-7-10(13)4-5-11(9)12/h4-5,7-8,14H,2-3,6H2,1H3. The fourth-order valence-corrected chi connectivity index (χ4v) is 2.05. The number of hydrogen-bond acceptors (Lipinski definition) is 2. The third kappa shape index (κ3) is 2.41. The summed E-state index contributed by atoms with van der Waals surface area (Å²) in [5, 5.41) is 4.38. The molecule has 0 bridgehead atoms. The second kappa shape index (κ2) is 4.81. The van der Waals surface area contributed by atoms with Gasteiger partial charge in [-0.15, -0.1) is 0 Å². The van der Waals surface area contributed by atoms with Crippen molar-refractivity contribution in [2.24, 2.45) is 0 Å². The van der Waals surface area contributed by atoms with Gasteiger partial charge in [-0.05, 0) is 50.2 Å². The Kier molecular flexibility index (Phi) is 3.44. The lowest BCUT2D eigenvalue weighted by atomic mass is 10.1. The van der Waals surface area contributed by atoms with Gasteiger partial charge in [0.1, 0.15) is 5.58 Å². The van der Waals surface area contributed by atoms with E-state index in [1.54, 1.807) is 0 Å². The van der Waals surface area contributed by atoms with Gasteiger partial charge in [0.2, 0.25) is 0 Å². The van der Waals surface area contributed by atoms with E-state index in [4.69, 9.17) is 4.42 Å². The highest BCUT2D eigenvalue weighted by atomic mass is 79.9. The van der Waals surface area contributed by atoms with E-state index in [9.17, 15) is 0 Å². The smallest absolute Gasteiger partial charge is 0.135 e. The van der Waals surface area contributed by atoms with Gasteiger partial charge in [0.15, 0.2) is 0 Å². The molecule has 1 aromatic heterocycles. The summed E-state index contributed by atoms with van der Waals surface area (Å²) in [5.41, 5.74) is 2.26. The molecular formula is C12H14BrNO. The van der Waals surface area contributed by atoms with Crippen molar-refractivity contribution in [3.05, 3.63) is 34.5 Å². The number of nitrogens with one attached hydrogen (secondary N) is 1. The van der Waals surface area contributed by atoms with E-state index in [0.29, 0.717) is 0 Å². The molecule has 0 radical (unpaired) electrons. The maximum absolute atomic E-state index is 5.51. The van der Waals surface area contributed by atoms with Crippen molar-refractivity contribution in [2.45, 2.75) is 12.8 Å². The summed E-state index contributed by atoms with van der Waals surface area (Å²) in [6.07, 6.45) is 4.07. The topological polar surface area (TPSA) is 25.2 Å². The molecule has 0 saturated carbocycles. The molecule has 1 heterocycles. The summed E-state index contributed by atoms with van der Waals surface area (Å²) in [4.78, 5) is 0. The van der Waals surface area contributed by atoms with Crippen molar-refractivity contribution in [1.82, 2.24) is 5.32 Å². The number of halogens is 1. The highest BCUT2D eigenvalue weighted by Crippen LogP contribution is 2.25. The highest BCUT2D eigenvalue weighted by Gasteiger charge is 2.05. The van der Waals surface area contributed by atoms with Crippen LogP contribution in [-0.4, -0.2) is 13.6 Å². The predicted molar refractivity (Wildman–Crippen MR) is 66.2 cm³/mol. The van der Waals surface area contributed by atoms with E-state index in [1.165, 1.54) is 10.9 Å². The van der Waals surface area contributed by atoms with Crippen LogP contribution in [0.25, 0.3) is 11.0 Å². The number of fused-ring (bicyclic) bond motifs is 1. The summed E-state index contributed by atoms with van der Waals surface area (Å²) < 4.78 is 6.57. The van der Waals surface area contributed by atoms with Crippen LogP contribution < -0.4 is 5.32 Å². The number of benzene rings is 1. The second-order valence-electron chi connectivity index (χ2n) is 3.61. The van der Waals surface area contributed by atoms with Gasteiger partial charge in [0, 0.05) is 9.86 Å². The van der Waals surface area contributed by atoms with Gasteiger partial charge in [-0.1, -0.05) is 15.9 Å². The van der Waals surface area contributed by atoms with Crippen molar-refractivity contribution < 1.29 is 4.42 Å². The quantitative estimate of drug-likeness (QED) is 0.860. The summed E-state index contributed by atoms with van der Waals surface area (Å²) in [6, 6.07) is 6.17. The molecule has 0 aliphatic rings. The van der Waals surface area contributed by atoms with Gasteiger partial charge in [-0.2, -0.15) is 0 Å². The van der Waals surface area contributed by atoms with Crippen molar-refractivity contribution in [1.29, 1.82) is 0 Å². The zero-order chi connectivity index (χ0) is 10.7. The van der Waals surface area contributed by atoms with Crippen LogP contribution in [0.2, 0.25) is 0 Å². The molecule has 3 heteroatoms. The molecular weight excluding hydrogens is 254 g/mol. The van der Waals surface area contributed by atoms with E-state index in [0.717, 1.165) is 29.4 Å². The molecule has 0 fully saturated rings. The molecule has 0 atom stereocenters. The maximum Gasteiger partial charge on any atom is 0.135 e. The summed E-state index contributed by atoms with van der Waals surface area (Å²) >= 11 is 3.44. The zero-order valence-electron chi connectivity index (χ0n) is 8.72. The molecule has 1 aromatic carbocycles. The Morgan fingerprint density at radius 2 is 2.27 bits per heavy atom. The Balaban J connectivity index is 2.21. The van der Waals surface area contributed by atoms with Gasteiger partial charge >= 0.3 is 0 Å². The first-order chi connectivity index (χ1) is 7.31. The third-order valence-corrected chi connectivity index (χ3v) is 2.98. The molecule has 2 nitrogen and oxygen atoms in total. The van der Waals surface area contributed by atoms with Crippen molar-refractivity contribution in [3.8, 4) is 0 Å². The van der Waals surface area contributed by atoms with E-state index < -0.39 is 0 Å². The fourth-order valence-electron chi connectivity index (χ4n) is 1.71. The Bertz CT molecular complexity index is 450. The summed E-state index contributed by atoms with van der Waals surface area (Å²) in [5.74, 6) is 0. The van der Waals surface area contributed by atoms with Crippen LogP contribution in [-0.2, 0) is 6.42 Å². The molecule has 1 N–H and O–H groups in total. The molecule has 0 aliphatic heterocycles. The SMILES string of the molecule is CNCCCc1coc2cc(Br)ccc12. The lowest BCUT2D eigenvalue weighted by molar-refractivity contribution is 0.607. The number of rotatable bonds is 4. The molecule has 0 spiro atoms. The highest BCUT2D eigenvalue weighted by molar-refractivity contribution is 9.10. The number of hydrogen-bond donors (Lipinski definition) is 1. The predicted octanol–water partition coefficient (Wildman–Crippen LogP) is 3.35. The van der Waals surface area contributed by atoms with Crippen molar-refractivity contribution in [3.63, 3.8) is 0 Å². The van der Waals surface area contributed by atoms with Crippen LogP contribution in [0, 0.1) is 0 Å². The molecule has 2 rings (SSSR count). The van der Waals surface area contributed by atoms with Crippen LogP contribution in [0.3, 0.4) is 0 Å². The average molecular weight is 268 g/mol. The van der Waals surface area contributed by atoms with Crippen LogP contribution in [0.15, 0.2) is 33.4 Å². The Morgan fingerprint density at radius 1 is 1.40 bits per heavy atom. The molecule has 0 unspecified atom stereocenters. The van der Waals surface area contributed by atoms with E-state index >= 15 is 0 Å². The maximum atomic E-state index is 5.51. The minimum atomic E-state index is 0.962. The minimum Gasteiger partial charge on any atom is -0.464 e. The molecule has 0 amide bonds. The monoisotopic (exact) mass is 267 g/mol.